The highest BCUT2D eigenvalue weighted by Gasteiger charge is 2.19. The molecule has 1 N–H and O–H groups in total. The molecule has 136 valence electrons. The molecular formula is C20H22ClN3OS. The lowest BCUT2D eigenvalue weighted by Gasteiger charge is -2.24. The number of carbonyl (C=O) groups excluding carboxylic acids is 1. The van der Waals surface area contributed by atoms with Crippen LogP contribution in [-0.2, 0) is 6.54 Å². The summed E-state index contributed by atoms with van der Waals surface area (Å²) in [6, 6.07) is 17.5. The molecule has 0 saturated carbocycles. The van der Waals surface area contributed by atoms with E-state index in [1.807, 2.05) is 6.07 Å². The molecule has 0 bridgehead atoms. The Bertz CT molecular complexity index is 769. The number of amides is 1. The molecule has 0 aromatic heterocycles. The summed E-state index contributed by atoms with van der Waals surface area (Å²) in [6.45, 7) is 4.51. The van der Waals surface area contributed by atoms with E-state index in [0.29, 0.717) is 15.7 Å². The van der Waals surface area contributed by atoms with Crippen LogP contribution in [0.25, 0.3) is 0 Å². The maximum absolute atomic E-state index is 12.4. The van der Waals surface area contributed by atoms with Crippen molar-refractivity contribution in [2.75, 3.05) is 26.2 Å². The quantitative estimate of drug-likeness (QED) is 0.817. The molecule has 2 aromatic rings. The van der Waals surface area contributed by atoms with Gasteiger partial charge in [0.2, 0.25) is 0 Å². The number of nitrogens with zero attached hydrogens (tertiary/aromatic N) is 2. The molecular weight excluding hydrogens is 366 g/mol. The third-order valence-corrected chi connectivity index (χ3v) is 5.15. The number of halogens is 1. The zero-order valence-electron chi connectivity index (χ0n) is 14.5. The number of rotatable bonds is 3. The number of thiocarbonyl (C=S) groups is 1. The van der Waals surface area contributed by atoms with E-state index < -0.39 is 0 Å². The van der Waals surface area contributed by atoms with Gasteiger partial charge in [0.1, 0.15) is 0 Å². The van der Waals surface area contributed by atoms with Gasteiger partial charge in [0.15, 0.2) is 5.11 Å². The Labute approximate surface area is 164 Å². The standard InChI is InChI=1S/C20H22ClN3OS/c21-18-10-5-4-9-17(18)19(25)22-20(26)24-12-6-11-23(13-14-24)15-16-7-2-1-3-8-16/h1-5,7-10H,6,11-15H2,(H,22,25,26). The molecule has 3 rings (SSSR count). The molecule has 1 saturated heterocycles. The molecule has 0 aliphatic carbocycles. The Morgan fingerprint density at radius 2 is 1.73 bits per heavy atom. The van der Waals surface area contributed by atoms with E-state index in [1.165, 1.54) is 5.56 Å². The minimum Gasteiger partial charge on any atom is -0.348 e. The monoisotopic (exact) mass is 387 g/mol. The molecule has 1 fully saturated rings. The van der Waals surface area contributed by atoms with Crippen molar-refractivity contribution < 1.29 is 4.79 Å². The summed E-state index contributed by atoms with van der Waals surface area (Å²) in [5.41, 5.74) is 1.76. The van der Waals surface area contributed by atoms with E-state index in [2.05, 4.69) is 39.4 Å². The van der Waals surface area contributed by atoms with E-state index in [-0.39, 0.29) is 5.91 Å². The van der Waals surface area contributed by atoms with Gasteiger partial charge in [-0.15, -0.1) is 0 Å². The topological polar surface area (TPSA) is 35.6 Å². The van der Waals surface area contributed by atoms with Crippen LogP contribution in [0.15, 0.2) is 54.6 Å². The fourth-order valence-corrected chi connectivity index (χ4v) is 3.56. The highest BCUT2D eigenvalue weighted by molar-refractivity contribution is 7.80. The summed E-state index contributed by atoms with van der Waals surface area (Å²) >= 11 is 11.5. The first kappa shape index (κ1) is 18.8. The number of hydrogen-bond donors (Lipinski definition) is 1. The second-order valence-corrected chi connectivity index (χ2v) is 7.14. The van der Waals surface area contributed by atoms with Gasteiger partial charge in [-0.3, -0.25) is 15.0 Å². The van der Waals surface area contributed by atoms with Crippen molar-refractivity contribution in [3.05, 3.63) is 70.7 Å². The van der Waals surface area contributed by atoms with E-state index in [1.54, 1.807) is 24.3 Å². The fraction of sp³-hybridized carbons (Fsp3) is 0.300. The maximum atomic E-state index is 12.4. The molecule has 0 radical (unpaired) electrons. The maximum Gasteiger partial charge on any atom is 0.258 e. The van der Waals surface area contributed by atoms with Gasteiger partial charge in [0.25, 0.3) is 5.91 Å². The normalized spacial score (nSPS) is 15.3. The summed E-state index contributed by atoms with van der Waals surface area (Å²) in [5, 5.41) is 3.71. The number of carbonyl (C=O) groups is 1. The predicted octanol–water partition coefficient (Wildman–Crippen LogP) is 3.56. The third kappa shape index (κ3) is 5.04. The first-order valence-corrected chi connectivity index (χ1v) is 9.53. The van der Waals surface area contributed by atoms with Crippen LogP contribution in [0.5, 0.6) is 0 Å². The van der Waals surface area contributed by atoms with Crippen LogP contribution >= 0.6 is 23.8 Å². The van der Waals surface area contributed by atoms with Gasteiger partial charge in [-0.05, 0) is 36.3 Å². The van der Waals surface area contributed by atoms with Gasteiger partial charge in [0, 0.05) is 32.7 Å². The summed E-state index contributed by atoms with van der Waals surface area (Å²) in [7, 11) is 0. The number of benzene rings is 2. The lowest BCUT2D eigenvalue weighted by atomic mass is 10.2. The molecule has 1 aliphatic rings. The fourth-order valence-electron chi connectivity index (χ4n) is 3.06. The molecule has 1 amide bonds. The molecule has 0 spiro atoms. The average molecular weight is 388 g/mol. The largest absolute Gasteiger partial charge is 0.348 e. The first-order chi connectivity index (χ1) is 12.6. The van der Waals surface area contributed by atoms with E-state index in [4.69, 9.17) is 23.8 Å². The third-order valence-electron chi connectivity index (χ3n) is 4.46. The van der Waals surface area contributed by atoms with Crippen LogP contribution in [0, 0.1) is 0 Å². The smallest absolute Gasteiger partial charge is 0.258 e. The molecule has 26 heavy (non-hydrogen) atoms. The van der Waals surface area contributed by atoms with Gasteiger partial charge in [-0.25, -0.2) is 0 Å². The Kier molecular flexibility index (Phi) is 6.61. The van der Waals surface area contributed by atoms with E-state index in [0.717, 1.165) is 39.1 Å². The van der Waals surface area contributed by atoms with E-state index in [9.17, 15) is 4.79 Å². The molecule has 1 aliphatic heterocycles. The Balaban J connectivity index is 1.54. The number of nitrogens with one attached hydrogen (secondary N) is 1. The molecule has 0 atom stereocenters. The van der Waals surface area contributed by atoms with Crippen LogP contribution in [-0.4, -0.2) is 47.0 Å². The minimum absolute atomic E-state index is 0.258. The summed E-state index contributed by atoms with van der Waals surface area (Å²) in [6.07, 6.45) is 1.01. The zero-order chi connectivity index (χ0) is 18.4. The molecule has 0 unspecified atom stereocenters. The van der Waals surface area contributed by atoms with Gasteiger partial charge in [0.05, 0.1) is 10.6 Å². The Morgan fingerprint density at radius 3 is 2.50 bits per heavy atom. The van der Waals surface area contributed by atoms with Crippen molar-refractivity contribution in [2.45, 2.75) is 13.0 Å². The van der Waals surface area contributed by atoms with Crippen molar-refractivity contribution in [3.63, 3.8) is 0 Å². The molecule has 4 nitrogen and oxygen atoms in total. The SMILES string of the molecule is O=C(NC(=S)N1CCCN(Cc2ccccc2)CC1)c1ccccc1Cl. The summed E-state index contributed by atoms with van der Waals surface area (Å²) in [5.74, 6) is -0.258. The van der Waals surface area contributed by atoms with Crippen LogP contribution in [0.4, 0.5) is 0 Å². The summed E-state index contributed by atoms with van der Waals surface area (Å²) < 4.78 is 0. The second-order valence-electron chi connectivity index (χ2n) is 6.34. The van der Waals surface area contributed by atoms with Crippen LogP contribution in [0.3, 0.4) is 0 Å². The van der Waals surface area contributed by atoms with Crippen LogP contribution < -0.4 is 5.32 Å². The molecule has 6 heteroatoms. The van der Waals surface area contributed by atoms with Gasteiger partial charge in [-0.1, -0.05) is 54.1 Å². The Hall–Kier alpha value is -1.95. The van der Waals surface area contributed by atoms with Gasteiger partial charge >= 0.3 is 0 Å². The van der Waals surface area contributed by atoms with Crippen LogP contribution in [0.2, 0.25) is 5.02 Å². The lowest BCUT2D eigenvalue weighted by Crippen LogP contribution is -2.44. The summed E-state index contributed by atoms with van der Waals surface area (Å²) in [4.78, 5) is 16.9. The lowest BCUT2D eigenvalue weighted by molar-refractivity contribution is 0.0973. The zero-order valence-corrected chi connectivity index (χ0v) is 16.1. The first-order valence-electron chi connectivity index (χ1n) is 8.74. The average Bonchev–Trinajstić information content (AvgIpc) is 2.88. The highest BCUT2D eigenvalue weighted by Crippen LogP contribution is 2.15. The van der Waals surface area contributed by atoms with Crippen molar-refractivity contribution in [1.29, 1.82) is 0 Å². The van der Waals surface area contributed by atoms with Crippen molar-refractivity contribution in [3.8, 4) is 0 Å². The van der Waals surface area contributed by atoms with Crippen molar-refractivity contribution in [1.82, 2.24) is 15.1 Å². The van der Waals surface area contributed by atoms with Gasteiger partial charge in [-0.2, -0.15) is 0 Å². The predicted molar refractivity (Wildman–Crippen MR) is 109 cm³/mol. The molecule has 2 aromatic carbocycles. The van der Waals surface area contributed by atoms with Gasteiger partial charge < -0.3 is 4.90 Å². The van der Waals surface area contributed by atoms with E-state index >= 15 is 0 Å². The highest BCUT2D eigenvalue weighted by atomic mass is 35.5. The second kappa shape index (κ2) is 9.12. The molecule has 1 heterocycles. The van der Waals surface area contributed by atoms with Crippen molar-refractivity contribution in [2.24, 2.45) is 0 Å². The van der Waals surface area contributed by atoms with Crippen molar-refractivity contribution >= 4 is 34.8 Å². The number of hydrogen-bond acceptors (Lipinski definition) is 3. The minimum atomic E-state index is -0.258. The Morgan fingerprint density at radius 1 is 1.00 bits per heavy atom. The van der Waals surface area contributed by atoms with Crippen LogP contribution in [0.1, 0.15) is 22.3 Å².